The second-order valence-electron chi connectivity index (χ2n) is 6.23. The summed E-state index contributed by atoms with van der Waals surface area (Å²) in [4.78, 5) is 8.93. The third-order valence-corrected chi connectivity index (χ3v) is 4.56. The van der Waals surface area contributed by atoms with E-state index >= 15 is 0 Å². The molecule has 0 spiro atoms. The van der Waals surface area contributed by atoms with Crippen LogP contribution in [-0.2, 0) is 4.74 Å². The Kier molecular flexibility index (Phi) is 5.33. The lowest BCUT2D eigenvalue weighted by Crippen LogP contribution is -2.51. The first kappa shape index (κ1) is 16.1. The molecule has 1 atom stereocenters. The fourth-order valence-electron chi connectivity index (χ4n) is 3.12. The summed E-state index contributed by atoms with van der Waals surface area (Å²) in [7, 11) is 0. The molecule has 1 aromatic rings. The van der Waals surface area contributed by atoms with Crippen molar-refractivity contribution >= 4 is 11.6 Å². The maximum absolute atomic E-state index is 13.0. The number of guanidine groups is 1. The van der Waals surface area contributed by atoms with Crippen LogP contribution in [0.3, 0.4) is 0 Å². The average molecular weight is 320 g/mol. The number of hydrogen-bond donors (Lipinski definition) is 1. The van der Waals surface area contributed by atoms with Gasteiger partial charge in [-0.05, 0) is 37.1 Å². The standard InChI is InChI=1S/C17H25FN4O/c18-15-3-5-16(6-4-15)21-7-9-22(10-8-21)17(19)20-12-14-2-1-11-23-13-14/h3-6,14H,1-2,7-13H2,(H2,19,20). The molecular weight excluding hydrogens is 295 g/mol. The van der Waals surface area contributed by atoms with Crippen LogP contribution < -0.4 is 10.6 Å². The van der Waals surface area contributed by atoms with E-state index in [-0.39, 0.29) is 5.82 Å². The van der Waals surface area contributed by atoms with Crippen molar-refractivity contribution in [3.8, 4) is 0 Å². The van der Waals surface area contributed by atoms with Gasteiger partial charge in [-0.1, -0.05) is 0 Å². The number of nitrogens with two attached hydrogens (primary N) is 1. The Bertz CT molecular complexity index is 520. The molecule has 2 heterocycles. The van der Waals surface area contributed by atoms with E-state index in [1.54, 1.807) is 0 Å². The van der Waals surface area contributed by atoms with E-state index in [4.69, 9.17) is 10.5 Å². The highest BCUT2D eigenvalue weighted by Gasteiger charge is 2.19. The lowest BCUT2D eigenvalue weighted by Gasteiger charge is -2.36. The van der Waals surface area contributed by atoms with Crippen molar-refractivity contribution in [1.82, 2.24) is 4.90 Å². The van der Waals surface area contributed by atoms with Crippen molar-refractivity contribution in [3.05, 3.63) is 30.1 Å². The molecule has 3 rings (SSSR count). The predicted molar refractivity (Wildman–Crippen MR) is 90.2 cm³/mol. The second kappa shape index (κ2) is 7.64. The van der Waals surface area contributed by atoms with Crippen LogP contribution in [0.4, 0.5) is 10.1 Å². The molecular formula is C17H25FN4O. The van der Waals surface area contributed by atoms with Crippen LogP contribution in [0.15, 0.2) is 29.3 Å². The van der Waals surface area contributed by atoms with Crippen LogP contribution in [0.2, 0.25) is 0 Å². The minimum Gasteiger partial charge on any atom is -0.381 e. The van der Waals surface area contributed by atoms with E-state index in [9.17, 15) is 4.39 Å². The van der Waals surface area contributed by atoms with Gasteiger partial charge in [-0.3, -0.25) is 4.99 Å². The summed E-state index contributed by atoms with van der Waals surface area (Å²) in [6.07, 6.45) is 2.30. The van der Waals surface area contributed by atoms with Gasteiger partial charge in [0.15, 0.2) is 5.96 Å². The monoisotopic (exact) mass is 320 g/mol. The van der Waals surface area contributed by atoms with E-state index in [2.05, 4.69) is 14.8 Å². The van der Waals surface area contributed by atoms with Crippen molar-refractivity contribution in [3.63, 3.8) is 0 Å². The Morgan fingerprint density at radius 3 is 2.61 bits per heavy atom. The van der Waals surface area contributed by atoms with Gasteiger partial charge in [0.1, 0.15) is 5.82 Å². The van der Waals surface area contributed by atoms with Crippen molar-refractivity contribution < 1.29 is 9.13 Å². The van der Waals surface area contributed by atoms with Gasteiger partial charge in [-0.15, -0.1) is 0 Å². The molecule has 0 amide bonds. The minimum absolute atomic E-state index is 0.199. The largest absolute Gasteiger partial charge is 0.381 e. The number of aliphatic imine (C=N–C) groups is 1. The summed E-state index contributed by atoms with van der Waals surface area (Å²) in [5.41, 5.74) is 7.19. The first-order valence-corrected chi connectivity index (χ1v) is 8.35. The molecule has 0 aliphatic carbocycles. The molecule has 2 saturated heterocycles. The zero-order valence-corrected chi connectivity index (χ0v) is 13.5. The third kappa shape index (κ3) is 4.34. The Labute approximate surface area is 136 Å². The summed E-state index contributed by atoms with van der Waals surface area (Å²) in [6.45, 7) is 5.85. The zero-order chi connectivity index (χ0) is 16.1. The van der Waals surface area contributed by atoms with Crippen LogP contribution in [-0.4, -0.2) is 56.8 Å². The molecule has 1 unspecified atom stereocenters. The topological polar surface area (TPSA) is 54.1 Å². The molecule has 126 valence electrons. The Balaban J connectivity index is 1.48. The first-order valence-electron chi connectivity index (χ1n) is 8.35. The van der Waals surface area contributed by atoms with E-state index in [1.807, 2.05) is 12.1 Å². The van der Waals surface area contributed by atoms with Crippen LogP contribution in [0.5, 0.6) is 0 Å². The molecule has 0 saturated carbocycles. The molecule has 23 heavy (non-hydrogen) atoms. The van der Waals surface area contributed by atoms with Crippen molar-refractivity contribution in [2.75, 3.05) is 50.8 Å². The molecule has 2 aliphatic rings. The van der Waals surface area contributed by atoms with E-state index in [1.165, 1.54) is 18.6 Å². The van der Waals surface area contributed by atoms with Gasteiger partial charge in [0.05, 0.1) is 6.61 Å². The normalized spacial score (nSPS) is 23.2. The van der Waals surface area contributed by atoms with Crippen molar-refractivity contribution in [2.45, 2.75) is 12.8 Å². The smallest absolute Gasteiger partial charge is 0.191 e. The third-order valence-electron chi connectivity index (χ3n) is 4.56. The van der Waals surface area contributed by atoms with E-state index in [0.717, 1.165) is 58.0 Å². The van der Waals surface area contributed by atoms with Crippen LogP contribution in [0, 0.1) is 11.7 Å². The van der Waals surface area contributed by atoms with Crippen molar-refractivity contribution in [1.29, 1.82) is 0 Å². The highest BCUT2D eigenvalue weighted by molar-refractivity contribution is 5.78. The molecule has 2 aliphatic heterocycles. The quantitative estimate of drug-likeness (QED) is 0.680. The fraction of sp³-hybridized carbons (Fsp3) is 0.588. The van der Waals surface area contributed by atoms with Gasteiger partial charge < -0.3 is 20.3 Å². The number of rotatable bonds is 3. The van der Waals surface area contributed by atoms with Gasteiger partial charge >= 0.3 is 0 Å². The molecule has 5 nitrogen and oxygen atoms in total. The predicted octanol–water partition coefficient (Wildman–Crippen LogP) is 1.69. The molecule has 2 N–H and O–H groups in total. The number of benzene rings is 1. The van der Waals surface area contributed by atoms with Crippen LogP contribution in [0.25, 0.3) is 0 Å². The fourth-order valence-corrected chi connectivity index (χ4v) is 3.12. The molecule has 0 radical (unpaired) electrons. The average Bonchev–Trinajstić information content (AvgIpc) is 2.61. The van der Waals surface area contributed by atoms with Crippen molar-refractivity contribution in [2.24, 2.45) is 16.6 Å². The number of nitrogens with zero attached hydrogens (tertiary/aromatic N) is 3. The van der Waals surface area contributed by atoms with Crippen LogP contribution in [0.1, 0.15) is 12.8 Å². The summed E-state index contributed by atoms with van der Waals surface area (Å²) in [5, 5.41) is 0. The van der Waals surface area contributed by atoms with E-state index < -0.39 is 0 Å². The SMILES string of the molecule is NC(=NCC1CCCOC1)N1CCN(c2ccc(F)cc2)CC1. The maximum atomic E-state index is 13.0. The first-order chi connectivity index (χ1) is 11.2. The number of piperazine rings is 1. The van der Waals surface area contributed by atoms with Gasteiger partial charge in [0, 0.05) is 50.9 Å². The number of halogens is 1. The van der Waals surface area contributed by atoms with Gasteiger partial charge in [0.25, 0.3) is 0 Å². The van der Waals surface area contributed by atoms with Gasteiger partial charge in [-0.25, -0.2) is 4.39 Å². The Morgan fingerprint density at radius 1 is 1.22 bits per heavy atom. The van der Waals surface area contributed by atoms with Crippen LogP contribution >= 0.6 is 0 Å². The Morgan fingerprint density at radius 2 is 1.96 bits per heavy atom. The number of ether oxygens (including phenoxy) is 1. The van der Waals surface area contributed by atoms with E-state index in [0.29, 0.717) is 11.9 Å². The number of anilines is 1. The highest BCUT2D eigenvalue weighted by atomic mass is 19.1. The number of hydrogen-bond acceptors (Lipinski definition) is 3. The molecule has 0 aromatic heterocycles. The van der Waals surface area contributed by atoms with Gasteiger partial charge in [-0.2, -0.15) is 0 Å². The summed E-state index contributed by atoms with van der Waals surface area (Å²) < 4.78 is 18.5. The minimum atomic E-state index is -0.199. The van der Waals surface area contributed by atoms with Gasteiger partial charge in [0.2, 0.25) is 0 Å². The highest BCUT2D eigenvalue weighted by Crippen LogP contribution is 2.17. The summed E-state index contributed by atoms with van der Waals surface area (Å²) >= 11 is 0. The lowest BCUT2D eigenvalue weighted by molar-refractivity contribution is 0.0581. The maximum Gasteiger partial charge on any atom is 0.191 e. The summed E-state index contributed by atoms with van der Waals surface area (Å²) in [6, 6.07) is 6.66. The molecule has 0 bridgehead atoms. The molecule has 6 heteroatoms. The Hall–Kier alpha value is -1.82. The lowest BCUT2D eigenvalue weighted by atomic mass is 10.0. The molecule has 2 fully saturated rings. The zero-order valence-electron chi connectivity index (χ0n) is 13.5. The molecule has 1 aromatic carbocycles. The summed E-state index contributed by atoms with van der Waals surface area (Å²) in [5.74, 6) is 0.938. The second-order valence-corrected chi connectivity index (χ2v) is 6.23.